The van der Waals surface area contributed by atoms with Crippen molar-refractivity contribution in [3.63, 3.8) is 0 Å². The minimum Gasteiger partial charge on any atom is -0.386 e. The van der Waals surface area contributed by atoms with Gasteiger partial charge in [0.1, 0.15) is 0 Å². The van der Waals surface area contributed by atoms with E-state index in [1.165, 1.54) is 99.3 Å². The van der Waals surface area contributed by atoms with Gasteiger partial charge in [0.25, 0.3) is 0 Å². The van der Waals surface area contributed by atoms with Crippen molar-refractivity contribution < 1.29 is 0 Å². The number of rotatable bonds is 15. The largest absolute Gasteiger partial charge is 0.386 e. The molecule has 0 radical (unpaired) electrons. The van der Waals surface area contributed by atoms with Gasteiger partial charge in [-0.3, -0.25) is 0 Å². The molecule has 1 N–H and O–H groups in total. The van der Waals surface area contributed by atoms with Gasteiger partial charge in [0.2, 0.25) is 0 Å². The predicted molar refractivity (Wildman–Crippen MR) is 172 cm³/mol. The van der Waals surface area contributed by atoms with Crippen LogP contribution in [-0.4, -0.2) is 13.3 Å². The van der Waals surface area contributed by atoms with Crippen LogP contribution >= 0.6 is 0 Å². The third-order valence-corrected chi connectivity index (χ3v) is 10.4. The van der Waals surface area contributed by atoms with Crippen LogP contribution in [0, 0.1) is 34.5 Å². The average Bonchev–Trinajstić information content (AvgIpc) is 3.36. The van der Waals surface area contributed by atoms with E-state index >= 15 is 0 Å². The third kappa shape index (κ3) is 9.06. The molecule has 0 saturated heterocycles. The molecule has 0 amide bonds. The molecule has 0 aromatic heterocycles. The van der Waals surface area contributed by atoms with E-state index in [0.717, 1.165) is 49.4 Å². The normalized spacial score (nSPS) is 31.9. The number of nitrogens with one attached hydrogen (secondary N) is 1. The second-order valence-electron chi connectivity index (χ2n) is 15.2. The molecule has 0 bridgehead atoms. The molecule has 38 heavy (non-hydrogen) atoms. The minimum atomic E-state index is 0.370. The molecule has 3 rings (SSSR count). The van der Waals surface area contributed by atoms with Crippen LogP contribution in [-0.2, 0) is 0 Å². The van der Waals surface area contributed by atoms with E-state index in [1.54, 1.807) is 0 Å². The summed E-state index contributed by atoms with van der Waals surface area (Å²) in [5.41, 5.74) is 7.19. The molecule has 3 saturated carbocycles. The summed E-state index contributed by atoms with van der Waals surface area (Å²) < 4.78 is 0. The third-order valence-electron chi connectivity index (χ3n) is 10.4. The lowest BCUT2D eigenvalue weighted by Gasteiger charge is -2.47. The van der Waals surface area contributed by atoms with E-state index in [9.17, 15) is 0 Å². The lowest BCUT2D eigenvalue weighted by Crippen LogP contribution is -2.45. The first-order chi connectivity index (χ1) is 17.8. The predicted octanol–water partition coefficient (Wildman–Crippen LogP) is 10.1. The fraction of sp³-hybridized carbons (Fsp3) is 0.722. The Balaban J connectivity index is 1.45. The van der Waals surface area contributed by atoms with Crippen LogP contribution in [0.2, 0.25) is 6.32 Å². The van der Waals surface area contributed by atoms with Crippen molar-refractivity contribution in [1.82, 2.24) is 5.32 Å². The van der Waals surface area contributed by atoms with Crippen LogP contribution in [0.1, 0.15) is 118 Å². The van der Waals surface area contributed by atoms with Crippen LogP contribution in [0.3, 0.4) is 0 Å². The monoisotopic (exact) mass is 517 g/mol. The highest BCUT2D eigenvalue weighted by Gasteiger charge is 2.45. The summed E-state index contributed by atoms with van der Waals surface area (Å²) in [5, 5.41) is 3.98. The Morgan fingerprint density at radius 2 is 1.42 bits per heavy atom. The van der Waals surface area contributed by atoms with Crippen LogP contribution in [0.4, 0.5) is 0 Å². The molecule has 1 nitrogen and oxygen atoms in total. The van der Waals surface area contributed by atoms with E-state index in [1.807, 2.05) is 0 Å². The quantitative estimate of drug-likeness (QED) is 0.0986. The molecule has 0 aromatic carbocycles. The summed E-state index contributed by atoms with van der Waals surface area (Å²) in [5.74, 6) is 3.61. The lowest BCUT2D eigenvalue weighted by molar-refractivity contribution is 0.0881. The smallest absolute Gasteiger partial charge is 0.152 e. The Morgan fingerprint density at radius 3 is 2.03 bits per heavy atom. The zero-order valence-electron chi connectivity index (χ0n) is 26.0. The lowest BCUT2D eigenvalue weighted by atomic mass is 9.51. The van der Waals surface area contributed by atoms with E-state index in [2.05, 4.69) is 72.8 Å². The Hall–Kier alpha value is -1.44. The number of unbranched alkanes of at least 4 members (excludes halogenated alkanes) is 1. The molecule has 0 spiro atoms. The SMILES string of the molecule is C=C(C)CC1CCC2C(CC(=C)NC3CC(C)(C)CC(C)(CBC(=C)CCCCC(=C)C(=C)C)C3)CCC12. The molecule has 6 atom stereocenters. The van der Waals surface area contributed by atoms with Gasteiger partial charge in [0.05, 0.1) is 0 Å². The van der Waals surface area contributed by atoms with Crippen molar-refractivity contribution in [3.8, 4) is 0 Å². The zero-order chi connectivity index (χ0) is 28.1. The van der Waals surface area contributed by atoms with E-state index in [-0.39, 0.29) is 0 Å². The Labute approximate surface area is 238 Å². The van der Waals surface area contributed by atoms with E-state index < -0.39 is 0 Å². The summed E-state index contributed by atoms with van der Waals surface area (Å²) in [7, 11) is 1.16. The van der Waals surface area contributed by atoms with Gasteiger partial charge in [-0.15, -0.1) is 18.6 Å². The first kappa shape index (κ1) is 31.1. The molecule has 0 heterocycles. The second-order valence-corrected chi connectivity index (χ2v) is 15.2. The molecule has 6 unspecified atom stereocenters. The maximum atomic E-state index is 4.58. The molecule has 0 aromatic rings. The molecule has 2 heteroatoms. The first-order valence-electron chi connectivity index (χ1n) is 15.9. The molecular weight excluding hydrogens is 457 g/mol. The van der Waals surface area contributed by atoms with Crippen LogP contribution in [0.5, 0.6) is 0 Å². The van der Waals surface area contributed by atoms with Gasteiger partial charge in [0, 0.05) is 11.7 Å². The van der Waals surface area contributed by atoms with Crippen LogP contribution in [0.25, 0.3) is 0 Å². The second kappa shape index (κ2) is 13.3. The van der Waals surface area contributed by atoms with E-state index in [4.69, 9.17) is 0 Å². The highest BCUT2D eigenvalue weighted by atomic mass is 14.9. The standard InChI is InChI=1S/C36H60BN/c1-25(2)19-30-15-17-34-31(16-18-33(30)34)20-29(7)38-32-21-35(8,9)23-36(10,22-32)24-37-28(6)14-12-11-13-27(5)26(3)4/h30-34,37-38H,1,3,5-7,11-24H2,2,4,8-10H3. The highest BCUT2D eigenvalue weighted by molar-refractivity contribution is 6.45. The molecule has 3 aliphatic rings. The van der Waals surface area contributed by atoms with E-state index in [0.29, 0.717) is 16.9 Å². The van der Waals surface area contributed by atoms with Gasteiger partial charge in [0.15, 0.2) is 7.28 Å². The number of allylic oxidation sites excluding steroid dienone is 5. The van der Waals surface area contributed by atoms with Gasteiger partial charge >= 0.3 is 0 Å². The van der Waals surface area contributed by atoms with Crippen molar-refractivity contribution in [2.75, 3.05) is 0 Å². The number of fused-ring (bicyclic) bond motifs is 1. The fourth-order valence-electron chi connectivity index (χ4n) is 8.92. The molecule has 0 aliphatic heterocycles. The topological polar surface area (TPSA) is 12.0 Å². The van der Waals surface area contributed by atoms with Gasteiger partial charge in [-0.2, -0.15) is 0 Å². The maximum Gasteiger partial charge on any atom is 0.152 e. The first-order valence-corrected chi connectivity index (χ1v) is 15.9. The van der Waals surface area contributed by atoms with Crippen LogP contribution in [0.15, 0.2) is 60.8 Å². The summed E-state index contributed by atoms with van der Waals surface area (Å²) in [6.07, 6.45) is 17.8. The van der Waals surface area contributed by atoms with Gasteiger partial charge in [-0.1, -0.05) is 70.0 Å². The molecular formula is C36H60BN. The summed E-state index contributed by atoms with van der Waals surface area (Å²) >= 11 is 0. The molecule has 212 valence electrons. The van der Waals surface area contributed by atoms with Gasteiger partial charge < -0.3 is 5.32 Å². The fourth-order valence-corrected chi connectivity index (χ4v) is 8.92. The molecule has 3 fully saturated rings. The zero-order valence-corrected chi connectivity index (χ0v) is 26.0. The van der Waals surface area contributed by atoms with Crippen molar-refractivity contribution >= 4 is 7.28 Å². The summed E-state index contributed by atoms with van der Waals surface area (Å²) in [6.45, 7) is 33.2. The highest BCUT2D eigenvalue weighted by Crippen LogP contribution is 2.54. The maximum absolute atomic E-state index is 4.58. The summed E-state index contributed by atoms with van der Waals surface area (Å²) in [6, 6.07) is 0.551. The molecule has 3 aliphatic carbocycles. The van der Waals surface area contributed by atoms with Crippen LogP contribution < -0.4 is 5.32 Å². The minimum absolute atomic E-state index is 0.370. The van der Waals surface area contributed by atoms with Crippen molar-refractivity contribution in [2.24, 2.45) is 34.5 Å². The van der Waals surface area contributed by atoms with Crippen molar-refractivity contribution in [3.05, 3.63) is 60.8 Å². The Kier molecular flexibility index (Phi) is 10.9. The van der Waals surface area contributed by atoms with Crippen molar-refractivity contribution in [2.45, 2.75) is 130 Å². The van der Waals surface area contributed by atoms with Gasteiger partial charge in [-0.05, 0) is 125 Å². The summed E-state index contributed by atoms with van der Waals surface area (Å²) in [4.78, 5) is 0. The average molecular weight is 518 g/mol. The number of hydrogen-bond donors (Lipinski definition) is 1. The Morgan fingerprint density at radius 1 is 0.816 bits per heavy atom. The Bertz CT molecular complexity index is 893. The number of hydrogen-bond acceptors (Lipinski definition) is 1. The van der Waals surface area contributed by atoms with Crippen molar-refractivity contribution in [1.29, 1.82) is 0 Å². The van der Waals surface area contributed by atoms with Gasteiger partial charge in [-0.25, -0.2) is 0 Å².